The van der Waals surface area contributed by atoms with Crippen molar-refractivity contribution in [2.24, 2.45) is 11.8 Å². The Morgan fingerprint density at radius 2 is 1.47 bits per heavy atom. The van der Waals surface area contributed by atoms with E-state index in [9.17, 15) is 4.79 Å². The maximum absolute atomic E-state index is 12.7. The fraction of sp³-hybridized carbons (Fsp3) is 0.367. The van der Waals surface area contributed by atoms with Gasteiger partial charge in [-0.15, -0.1) is 0 Å². The molecule has 3 unspecified atom stereocenters. The molecule has 0 N–H and O–H groups in total. The van der Waals surface area contributed by atoms with Gasteiger partial charge in [-0.1, -0.05) is 49.2 Å². The minimum absolute atomic E-state index is 0.0475. The van der Waals surface area contributed by atoms with E-state index < -0.39 is 0 Å². The van der Waals surface area contributed by atoms with Crippen molar-refractivity contribution in [2.45, 2.75) is 65.7 Å². The second-order valence-electron chi connectivity index (χ2n) is 9.75. The van der Waals surface area contributed by atoms with E-state index in [0.29, 0.717) is 11.7 Å². The quantitative estimate of drug-likeness (QED) is 0.272. The van der Waals surface area contributed by atoms with Crippen LogP contribution in [0.1, 0.15) is 45.4 Å². The molecule has 2 aliphatic carbocycles. The molecule has 0 amide bonds. The summed E-state index contributed by atoms with van der Waals surface area (Å²) in [6.07, 6.45) is 7.14. The molecule has 4 heteroatoms. The number of carbonyl (C=O) groups is 1. The minimum Gasteiger partial charge on any atom is -0.482 e. The fourth-order valence-electron chi connectivity index (χ4n) is 5.56. The fourth-order valence-corrected chi connectivity index (χ4v) is 7.65. The van der Waals surface area contributed by atoms with Crippen molar-refractivity contribution in [2.75, 3.05) is 6.61 Å². The van der Waals surface area contributed by atoms with Gasteiger partial charge in [-0.25, -0.2) is 4.79 Å². The van der Waals surface area contributed by atoms with E-state index in [1.165, 1.54) is 46.8 Å². The van der Waals surface area contributed by atoms with Crippen LogP contribution in [0.4, 0.5) is 0 Å². The zero-order valence-electron chi connectivity index (χ0n) is 19.8. The zero-order chi connectivity index (χ0) is 23.4. The summed E-state index contributed by atoms with van der Waals surface area (Å²) in [7, 11) is -0.196. The largest absolute Gasteiger partial charge is 0.482 e. The summed E-state index contributed by atoms with van der Waals surface area (Å²) in [5, 5.41) is 0. The van der Waals surface area contributed by atoms with Crippen LogP contribution in [0.2, 0.25) is 0 Å². The van der Waals surface area contributed by atoms with E-state index in [2.05, 4.69) is 67.6 Å². The Bertz CT molecular complexity index is 1040. The highest BCUT2D eigenvalue weighted by molar-refractivity contribution is 7.97. The van der Waals surface area contributed by atoms with Crippen molar-refractivity contribution >= 4 is 16.9 Å². The van der Waals surface area contributed by atoms with Crippen LogP contribution in [-0.4, -0.2) is 18.2 Å². The van der Waals surface area contributed by atoms with Crippen molar-refractivity contribution in [3.05, 3.63) is 84.9 Å². The number of esters is 1. The lowest BCUT2D eigenvalue weighted by atomic mass is 9.65. The molecular formula is C30H33O3S+. The van der Waals surface area contributed by atoms with Crippen LogP contribution < -0.4 is 4.74 Å². The smallest absolute Gasteiger partial charge is 0.344 e. The number of benzene rings is 3. The lowest BCUT2D eigenvalue weighted by molar-refractivity contribution is -0.174. The average Bonchev–Trinajstić information content (AvgIpc) is 2.88. The molecule has 2 fully saturated rings. The molecule has 3 aromatic rings. The van der Waals surface area contributed by atoms with Gasteiger partial charge in [0.15, 0.2) is 21.3 Å². The number of hydrogen-bond acceptors (Lipinski definition) is 3. The van der Waals surface area contributed by atoms with Crippen molar-refractivity contribution in [3.8, 4) is 5.75 Å². The SMILES string of the molecule is CC1(OC(=O)COc2ccc([S+](c3ccccc3)c3ccccc3)cc2)CCC2CCCC1C2. The zero-order valence-corrected chi connectivity index (χ0v) is 20.6. The Morgan fingerprint density at radius 1 is 0.853 bits per heavy atom. The highest BCUT2D eigenvalue weighted by Crippen LogP contribution is 2.47. The van der Waals surface area contributed by atoms with Crippen molar-refractivity contribution in [1.82, 2.24) is 0 Å². The van der Waals surface area contributed by atoms with E-state index in [1.807, 2.05) is 24.3 Å². The molecule has 2 aliphatic rings. The van der Waals surface area contributed by atoms with Crippen LogP contribution in [0.3, 0.4) is 0 Å². The van der Waals surface area contributed by atoms with Crippen molar-refractivity contribution in [1.29, 1.82) is 0 Å². The lowest BCUT2D eigenvalue weighted by Crippen LogP contribution is -2.46. The third-order valence-electron chi connectivity index (χ3n) is 7.42. The normalized spacial score (nSPS) is 23.9. The van der Waals surface area contributed by atoms with Crippen LogP contribution in [-0.2, 0) is 20.4 Å². The highest BCUT2D eigenvalue weighted by atomic mass is 32.2. The Hall–Kier alpha value is -2.72. The third-order valence-corrected chi connectivity index (χ3v) is 9.65. The van der Waals surface area contributed by atoms with Gasteiger partial charge in [0.2, 0.25) is 0 Å². The molecule has 0 heterocycles. The molecule has 176 valence electrons. The van der Waals surface area contributed by atoms with E-state index in [0.717, 1.165) is 12.3 Å². The Kier molecular flexibility index (Phi) is 6.96. The predicted molar refractivity (Wildman–Crippen MR) is 136 cm³/mol. The Labute approximate surface area is 205 Å². The first-order chi connectivity index (χ1) is 16.6. The van der Waals surface area contributed by atoms with Gasteiger partial charge in [-0.05, 0) is 93.0 Å². The minimum atomic E-state index is -0.332. The van der Waals surface area contributed by atoms with E-state index in [4.69, 9.17) is 9.47 Å². The molecule has 0 aliphatic heterocycles. The topological polar surface area (TPSA) is 35.5 Å². The molecule has 0 radical (unpaired) electrons. The first-order valence-electron chi connectivity index (χ1n) is 12.4. The molecule has 3 aromatic carbocycles. The molecule has 0 saturated heterocycles. The maximum Gasteiger partial charge on any atom is 0.344 e. The molecule has 0 aromatic heterocycles. The molecule has 2 saturated carbocycles. The lowest BCUT2D eigenvalue weighted by Gasteiger charge is -2.46. The Balaban J connectivity index is 1.24. The van der Waals surface area contributed by atoms with Gasteiger partial charge >= 0.3 is 5.97 Å². The van der Waals surface area contributed by atoms with Gasteiger partial charge in [0.25, 0.3) is 0 Å². The molecule has 2 bridgehead atoms. The second-order valence-corrected chi connectivity index (χ2v) is 11.8. The van der Waals surface area contributed by atoms with Crippen LogP contribution in [0.25, 0.3) is 0 Å². The summed E-state index contributed by atoms with van der Waals surface area (Å²) in [4.78, 5) is 16.4. The third kappa shape index (κ3) is 5.17. The number of ether oxygens (including phenoxy) is 2. The summed E-state index contributed by atoms with van der Waals surface area (Å²) in [6, 6.07) is 29.3. The summed E-state index contributed by atoms with van der Waals surface area (Å²) in [5.74, 6) is 1.76. The summed E-state index contributed by atoms with van der Waals surface area (Å²) in [5.41, 5.74) is -0.332. The van der Waals surface area contributed by atoms with Crippen LogP contribution in [0, 0.1) is 11.8 Å². The molecule has 3 atom stereocenters. The number of fused-ring (bicyclic) bond motifs is 2. The van der Waals surface area contributed by atoms with Gasteiger partial charge in [0, 0.05) is 0 Å². The van der Waals surface area contributed by atoms with E-state index >= 15 is 0 Å². The molecule has 3 nitrogen and oxygen atoms in total. The monoisotopic (exact) mass is 473 g/mol. The van der Waals surface area contributed by atoms with Crippen molar-refractivity contribution < 1.29 is 14.3 Å². The summed E-state index contributed by atoms with van der Waals surface area (Å²) >= 11 is 0. The van der Waals surface area contributed by atoms with E-state index in [1.54, 1.807) is 0 Å². The molecular weight excluding hydrogens is 440 g/mol. The van der Waals surface area contributed by atoms with Crippen LogP contribution >= 0.6 is 0 Å². The molecule has 0 spiro atoms. The van der Waals surface area contributed by atoms with Crippen molar-refractivity contribution in [3.63, 3.8) is 0 Å². The average molecular weight is 474 g/mol. The second kappa shape index (κ2) is 10.3. The molecule has 34 heavy (non-hydrogen) atoms. The summed E-state index contributed by atoms with van der Waals surface area (Å²) in [6.45, 7) is 2.08. The van der Waals surface area contributed by atoms with E-state index in [-0.39, 0.29) is 29.1 Å². The van der Waals surface area contributed by atoms with Crippen LogP contribution in [0.5, 0.6) is 5.75 Å². The first-order valence-corrected chi connectivity index (χ1v) is 13.6. The van der Waals surface area contributed by atoms with Gasteiger partial charge < -0.3 is 9.47 Å². The van der Waals surface area contributed by atoms with Gasteiger partial charge in [0.05, 0.1) is 10.9 Å². The predicted octanol–water partition coefficient (Wildman–Crippen LogP) is 7.06. The molecule has 5 rings (SSSR count). The van der Waals surface area contributed by atoms with Gasteiger partial charge in [-0.2, -0.15) is 0 Å². The van der Waals surface area contributed by atoms with Gasteiger partial charge in [0.1, 0.15) is 11.4 Å². The maximum atomic E-state index is 12.7. The number of rotatable bonds is 7. The van der Waals surface area contributed by atoms with Crippen LogP contribution in [0.15, 0.2) is 99.6 Å². The summed E-state index contributed by atoms with van der Waals surface area (Å²) < 4.78 is 11.8. The highest BCUT2D eigenvalue weighted by Gasteiger charge is 2.44. The number of carbonyl (C=O) groups excluding carboxylic acids is 1. The Morgan fingerprint density at radius 3 is 2.12 bits per heavy atom. The van der Waals surface area contributed by atoms with Gasteiger partial charge in [-0.3, -0.25) is 0 Å². The first kappa shape index (κ1) is 23.0. The standard InChI is InChI=1S/C30H33O3S/c1-30(20-19-23-9-8-10-24(30)21-23)33-29(31)22-32-25-15-17-28(18-16-25)34(26-11-4-2-5-12-26)27-13-6-3-7-14-27/h2-7,11-18,23-24H,8-10,19-22H2,1H3/q+1. The number of hydrogen-bond donors (Lipinski definition) is 0.